The quantitative estimate of drug-likeness (QED) is 0.241. The summed E-state index contributed by atoms with van der Waals surface area (Å²) in [5, 5.41) is 42.8. The summed E-state index contributed by atoms with van der Waals surface area (Å²) < 4.78 is 0. The molecular formula is C15H25HgNO6. The van der Waals surface area contributed by atoms with Crippen LogP contribution in [0.3, 0.4) is 0 Å². The fourth-order valence-corrected chi connectivity index (χ4v) is 1.10. The molecule has 0 aliphatic heterocycles. The summed E-state index contributed by atoms with van der Waals surface area (Å²) in [7, 11) is 0. The van der Waals surface area contributed by atoms with Gasteiger partial charge in [-0.15, -0.1) is 0 Å². The molecular weight excluding hydrogens is 491 g/mol. The third-order valence-electron chi connectivity index (χ3n) is 2.20. The summed E-state index contributed by atoms with van der Waals surface area (Å²) in [6.45, 7) is 2.89. The van der Waals surface area contributed by atoms with E-state index in [9.17, 15) is 9.90 Å². The predicted molar refractivity (Wildman–Crippen MR) is 79.7 cm³/mol. The van der Waals surface area contributed by atoms with Gasteiger partial charge in [0.2, 0.25) is 0 Å². The second-order valence-electron chi connectivity index (χ2n) is 4.08. The molecule has 0 aliphatic carbocycles. The number of aliphatic hydroxyl groups is 4. The zero-order valence-electron chi connectivity index (χ0n) is 13.5. The van der Waals surface area contributed by atoms with Crippen molar-refractivity contribution in [2.24, 2.45) is 0 Å². The topological polar surface area (TPSA) is 124 Å². The number of benzene rings is 1. The number of hydrogen-bond acceptors (Lipinski definition) is 7. The van der Waals surface area contributed by atoms with E-state index in [1.807, 2.05) is 30.3 Å². The van der Waals surface area contributed by atoms with Crippen LogP contribution in [0.15, 0.2) is 30.3 Å². The maximum absolute atomic E-state index is 9.34. The Morgan fingerprint density at radius 3 is 1.52 bits per heavy atom. The van der Waals surface area contributed by atoms with Crippen LogP contribution >= 0.6 is 0 Å². The monoisotopic (exact) mass is 517 g/mol. The summed E-state index contributed by atoms with van der Waals surface area (Å²) >= 11 is 0. The van der Waals surface area contributed by atoms with Crippen LogP contribution in [0.25, 0.3) is 0 Å². The van der Waals surface area contributed by atoms with Crippen LogP contribution in [0.5, 0.6) is 0 Å². The van der Waals surface area contributed by atoms with Gasteiger partial charge in [0.1, 0.15) is 0 Å². The molecule has 1 aromatic rings. The van der Waals surface area contributed by atoms with Gasteiger partial charge in [-0.2, -0.15) is 36.4 Å². The van der Waals surface area contributed by atoms with E-state index in [0.29, 0.717) is 19.6 Å². The third kappa shape index (κ3) is 23.8. The molecule has 4 N–H and O–H groups in total. The van der Waals surface area contributed by atoms with E-state index in [1.54, 1.807) is 4.90 Å². The van der Waals surface area contributed by atoms with Gasteiger partial charge in [0.05, 0.1) is 31.9 Å². The Bertz CT molecular complexity index is 299. The van der Waals surface area contributed by atoms with Gasteiger partial charge in [0.15, 0.2) is 0 Å². The molecule has 0 bridgehead atoms. The molecule has 1 unspecified atom stereocenters. The van der Waals surface area contributed by atoms with E-state index in [-0.39, 0.29) is 47.5 Å². The molecule has 1 aromatic carbocycles. The maximum atomic E-state index is 9.34. The minimum Gasteiger partial charge on any atom is -0.547 e. The molecule has 8 heteroatoms. The number of rotatable bonds is 7. The molecule has 7 nitrogen and oxygen atoms in total. The van der Waals surface area contributed by atoms with Crippen LogP contribution in [0.2, 0.25) is 0 Å². The zero-order chi connectivity index (χ0) is 17.2. The molecule has 0 fully saturated rings. The number of carboxylic acids is 1. The van der Waals surface area contributed by atoms with Crippen LogP contribution in [0.4, 0.5) is 0 Å². The maximum Gasteiger partial charge on any atom is 2.00 e. The summed E-state index contributed by atoms with van der Waals surface area (Å²) in [6, 6.07) is 12.5. The van der Waals surface area contributed by atoms with Gasteiger partial charge in [-0.3, -0.25) is 4.90 Å². The van der Waals surface area contributed by atoms with Crippen molar-refractivity contribution in [3.8, 4) is 0 Å². The average molecular weight is 516 g/mol. The first-order valence-corrected chi connectivity index (χ1v) is 6.84. The van der Waals surface area contributed by atoms with E-state index >= 15 is 0 Å². The Kier molecular flexibility index (Phi) is 25.4. The summed E-state index contributed by atoms with van der Waals surface area (Å²) in [6.07, 6.45) is -1.34. The molecule has 23 heavy (non-hydrogen) atoms. The molecule has 0 heterocycles. The van der Waals surface area contributed by atoms with Gasteiger partial charge >= 0.3 is 27.7 Å². The number of carbonyl (C=O) groups excluding carboxylic acids is 1. The van der Waals surface area contributed by atoms with Crippen LogP contribution in [0.1, 0.15) is 6.92 Å². The third-order valence-corrected chi connectivity index (χ3v) is 2.20. The molecule has 128 valence electrons. The molecule has 0 saturated carbocycles. The summed E-state index contributed by atoms with van der Waals surface area (Å²) in [5.41, 5.74) is 0. The molecule has 1 rings (SSSR count). The Labute approximate surface area is 157 Å². The molecule has 1 atom stereocenters. The van der Waals surface area contributed by atoms with Crippen molar-refractivity contribution >= 4 is 5.97 Å². The Balaban J connectivity index is -0.000000268. The van der Waals surface area contributed by atoms with Crippen molar-refractivity contribution < 1.29 is 58.0 Å². The van der Waals surface area contributed by atoms with E-state index in [4.69, 9.17) is 20.4 Å². The largest absolute Gasteiger partial charge is 2.00 e. The Hall–Kier alpha value is -0.575. The number of carboxylic acid groups (broad SMARTS) is 1. The fraction of sp³-hybridized carbons (Fsp3) is 0.533. The Morgan fingerprint density at radius 1 is 1.04 bits per heavy atom. The normalized spacial score (nSPS) is 10.3. The minimum atomic E-state index is -1.44. The van der Waals surface area contributed by atoms with Crippen molar-refractivity contribution in [2.45, 2.75) is 13.0 Å². The molecule has 0 radical (unpaired) electrons. The van der Waals surface area contributed by atoms with Crippen molar-refractivity contribution in [3.05, 3.63) is 36.4 Å². The van der Waals surface area contributed by atoms with E-state index in [2.05, 4.69) is 6.07 Å². The van der Waals surface area contributed by atoms with E-state index < -0.39 is 12.1 Å². The van der Waals surface area contributed by atoms with E-state index in [1.165, 1.54) is 0 Å². The number of aliphatic carboxylic acids is 1. The van der Waals surface area contributed by atoms with Crippen LogP contribution < -0.4 is 5.11 Å². The van der Waals surface area contributed by atoms with Gasteiger partial charge < -0.3 is 30.3 Å². The molecule has 0 saturated heterocycles. The zero-order valence-corrected chi connectivity index (χ0v) is 19.0. The van der Waals surface area contributed by atoms with Gasteiger partial charge in [-0.05, 0) is 6.92 Å². The first kappa shape index (κ1) is 27.3. The van der Waals surface area contributed by atoms with Crippen molar-refractivity contribution in [1.29, 1.82) is 0 Å². The first-order chi connectivity index (χ1) is 10.5. The number of nitrogens with zero attached hydrogens (tertiary/aromatic N) is 1. The molecule has 0 amide bonds. The Morgan fingerprint density at radius 2 is 1.39 bits per heavy atom. The van der Waals surface area contributed by atoms with Crippen LogP contribution in [0, 0.1) is 6.07 Å². The fourth-order valence-electron chi connectivity index (χ4n) is 1.10. The second-order valence-corrected chi connectivity index (χ2v) is 4.08. The van der Waals surface area contributed by atoms with Gasteiger partial charge in [0, 0.05) is 19.6 Å². The second kappa shape index (κ2) is 21.4. The molecule has 0 aromatic heterocycles. The molecule has 0 aliphatic rings. The van der Waals surface area contributed by atoms with Crippen LogP contribution in [-0.4, -0.2) is 76.9 Å². The van der Waals surface area contributed by atoms with Gasteiger partial charge in [-0.1, -0.05) is 0 Å². The summed E-state index contributed by atoms with van der Waals surface area (Å²) in [5.74, 6) is -1.44. The number of aliphatic hydroxyl groups excluding tert-OH is 4. The van der Waals surface area contributed by atoms with Crippen molar-refractivity contribution in [2.75, 3.05) is 39.5 Å². The van der Waals surface area contributed by atoms with E-state index in [0.717, 1.165) is 6.92 Å². The van der Waals surface area contributed by atoms with Crippen molar-refractivity contribution in [1.82, 2.24) is 4.90 Å². The minimum absolute atomic E-state index is 0. The average Bonchev–Trinajstić information content (AvgIpc) is 2.51. The summed E-state index contributed by atoms with van der Waals surface area (Å²) in [4.78, 5) is 11.1. The smallest absolute Gasteiger partial charge is 0.547 e. The van der Waals surface area contributed by atoms with Gasteiger partial charge in [0.25, 0.3) is 0 Å². The number of carbonyl (C=O) groups is 1. The number of hydrogen-bond donors (Lipinski definition) is 4. The van der Waals surface area contributed by atoms with Crippen molar-refractivity contribution in [3.63, 3.8) is 0 Å². The molecule has 0 spiro atoms. The predicted octanol–water partition coefficient (Wildman–Crippen LogP) is -2.13. The van der Waals surface area contributed by atoms with Crippen LogP contribution in [-0.2, 0) is 32.5 Å². The first-order valence-electron chi connectivity index (χ1n) is 6.84. The standard InChI is InChI=1S/C6H15NO3.C6H5.C3H6O3.Hg/c8-4-1-7(2-5-9)3-6-10;1-2-4-6-5-3-1;1-2(4)3(5)6;/h8-10H,1-6H2;1-5H;2,4H,1H3,(H,5,6);/q;-1;;+2/p-1. The van der Waals surface area contributed by atoms with Gasteiger partial charge in [-0.25, -0.2) is 0 Å². The SMILES string of the molecule is CC(O)C(=O)[O-].OCCN(CCO)CCO.[Hg+2].[c-]1ccccc1.